The summed E-state index contributed by atoms with van der Waals surface area (Å²) < 4.78 is 1.93. The van der Waals surface area contributed by atoms with Crippen LogP contribution >= 0.6 is 11.6 Å². The molecule has 0 radical (unpaired) electrons. The zero-order chi connectivity index (χ0) is 14.1. The summed E-state index contributed by atoms with van der Waals surface area (Å²) in [7, 11) is 0. The molecule has 1 heterocycles. The minimum atomic E-state index is -0.911. The molecule has 1 aromatic heterocycles. The highest BCUT2D eigenvalue weighted by Crippen LogP contribution is 2.23. The van der Waals surface area contributed by atoms with Crippen molar-refractivity contribution in [3.05, 3.63) is 70.9 Å². The summed E-state index contributed by atoms with van der Waals surface area (Å²) in [5, 5.41) is 10.7. The lowest BCUT2D eigenvalue weighted by atomic mass is 10.2. The summed E-state index contributed by atoms with van der Waals surface area (Å²) in [6.45, 7) is 0.592. The Kier molecular flexibility index (Phi) is 3.20. The van der Waals surface area contributed by atoms with E-state index in [2.05, 4.69) is 0 Å². The van der Waals surface area contributed by atoms with Crippen LogP contribution in [-0.4, -0.2) is 15.6 Å². The number of benzene rings is 2. The largest absolute Gasteiger partial charge is 0.478 e. The van der Waals surface area contributed by atoms with E-state index in [1.165, 1.54) is 0 Å². The topological polar surface area (TPSA) is 42.2 Å². The molecule has 0 aliphatic heterocycles. The van der Waals surface area contributed by atoms with Crippen LogP contribution in [0.1, 0.15) is 15.9 Å². The summed E-state index contributed by atoms with van der Waals surface area (Å²) in [5.74, 6) is -0.911. The molecule has 3 aromatic rings. The van der Waals surface area contributed by atoms with Crippen LogP contribution in [-0.2, 0) is 6.54 Å². The second-order valence-electron chi connectivity index (χ2n) is 4.62. The third kappa shape index (κ3) is 2.28. The Morgan fingerprint density at radius 3 is 2.70 bits per heavy atom. The summed E-state index contributed by atoms with van der Waals surface area (Å²) >= 11 is 5.98. The van der Waals surface area contributed by atoms with E-state index in [1.807, 2.05) is 53.1 Å². The van der Waals surface area contributed by atoms with Gasteiger partial charge < -0.3 is 9.67 Å². The molecular weight excluding hydrogens is 274 g/mol. The predicted octanol–water partition coefficient (Wildman–Crippen LogP) is 4.04. The van der Waals surface area contributed by atoms with Crippen molar-refractivity contribution in [1.82, 2.24) is 4.57 Å². The number of rotatable bonds is 3. The fourth-order valence-electron chi connectivity index (χ4n) is 2.38. The van der Waals surface area contributed by atoms with E-state index < -0.39 is 5.97 Å². The highest BCUT2D eigenvalue weighted by molar-refractivity contribution is 6.30. The molecule has 0 unspecified atom stereocenters. The highest BCUT2D eigenvalue weighted by atomic mass is 35.5. The molecule has 0 fully saturated rings. The zero-order valence-corrected chi connectivity index (χ0v) is 11.3. The maximum absolute atomic E-state index is 11.3. The zero-order valence-electron chi connectivity index (χ0n) is 10.6. The Hall–Kier alpha value is -2.26. The van der Waals surface area contributed by atoms with Crippen LogP contribution < -0.4 is 0 Å². The van der Waals surface area contributed by atoms with Crippen molar-refractivity contribution in [1.29, 1.82) is 0 Å². The second-order valence-corrected chi connectivity index (χ2v) is 5.06. The standard InChI is InChI=1S/C16H12ClNO2/c17-12-5-3-4-11(8-12)9-18-10-14(16(19)20)13-6-1-2-7-15(13)18/h1-8,10H,9H2,(H,19,20). The third-order valence-corrected chi connectivity index (χ3v) is 3.50. The monoisotopic (exact) mass is 285 g/mol. The molecule has 20 heavy (non-hydrogen) atoms. The van der Waals surface area contributed by atoms with Gasteiger partial charge in [-0.2, -0.15) is 0 Å². The van der Waals surface area contributed by atoms with Crippen molar-refractivity contribution in [2.75, 3.05) is 0 Å². The number of carbonyl (C=O) groups is 1. The summed E-state index contributed by atoms with van der Waals surface area (Å²) in [5.41, 5.74) is 2.27. The minimum absolute atomic E-state index is 0.322. The van der Waals surface area contributed by atoms with Gasteiger partial charge in [-0.25, -0.2) is 4.79 Å². The first kappa shape index (κ1) is 12.8. The second kappa shape index (κ2) is 5.02. The number of para-hydroxylation sites is 1. The minimum Gasteiger partial charge on any atom is -0.478 e. The number of halogens is 1. The lowest BCUT2D eigenvalue weighted by Crippen LogP contribution is -1.98. The molecule has 0 bridgehead atoms. The molecule has 2 aromatic carbocycles. The average Bonchev–Trinajstić information content (AvgIpc) is 2.78. The Labute approximate surface area is 121 Å². The first-order chi connectivity index (χ1) is 9.65. The maximum Gasteiger partial charge on any atom is 0.337 e. The lowest BCUT2D eigenvalue weighted by molar-refractivity contribution is 0.0699. The smallest absolute Gasteiger partial charge is 0.337 e. The molecular formula is C16H12ClNO2. The number of fused-ring (bicyclic) bond motifs is 1. The highest BCUT2D eigenvalue weighted by Gasteiger charge is 2.13. The van der Waals surface area contributed by atoms with E-state index >= 15 is 0 Å². The van der Waals surface area contributed by atoms with E-state index in [0.717, 1.165) is 16.5 Å². The SMILES string of the molecule is O=C(O)c1cn(Cc2cccc(Cl)c2)c2ccccc12. The van der Waals surface area contributed by atoms with Gasteiger partial charge in [-0.3, -0.25) is 0 Å². The normalized spacial score (nSPS) is 10.8. The van der Waals surface area contributed by atoms with E-state index in [1.54, 1.807) is 6.20 Å². The van der Waals surface area contributed by atoms with Crippen molar-refractivity contribution in [3.8, 4) is 0 Å². The van der Waals surface area contributed by atoms with Gasteiger partial charge in [0.15, 0.2) is 0 Å². The van der Waals surface area contributed by atoms with E-state index in [4.69, 9.17) is 11.6 Å². The fraction of sp³-hybridized carbons (Fsp3) is 0.0625. The predicted molar refractivity (Wildman–Crippen MR) is 79.5 cm³/mol. The molecule has 0 saturated heterocycles. The first-order valence-electron chi connectivity index (χ1n) is 6.21. The van der Waals surface area contributed by atoms with Gasteiger partial charge in [0.05, 0.1) is 5.56 Å². The Morgan fingerprint density at radius 2 is 1.95 bits per heavy atom. The van der Waals surface area contributed by atoms with Crippen LogP contribution in [0.25, 0.3) is 10.9 Å². The van der Waals surface area contributed by atoms with Gasteiger partial charge in [-0.15, -0.1) is 0 Å². The van der Waals surface area contributed by atoms with Crippen molar-refractivity contribution in [2.45, 2.75) is 6.54 Å². The number of hydrogen-bond acceptors (Lipinski definition) is 1. The van der Waals surface area contributed by atoms with Crippen LogP contribution in [0, 0.1) is 0 Å². The molecule has 0 atom stereocenters. The Bertz CT molecular complexity index is 792. The summed E-state index contributed by atoms with van der Waals surface area (Å²) in [6.07, 6.45) is 1.67. The quantitative estimate of drug-likeness (QED) is 0.789. The Morgan fingerprint density at radius 1 is 1.15 bits per heavy atom. The van der Waals surface area contributed by atoms with Crippen molar-refractivity contribution < 1.29 is 9.90 Å². The first-order valence-corrected chi connectivity index (χ1v) is 6.58. The van der Waals surface area contributed by atoms with E-state index in [0.29, 0.717) is 17.1 Å². The van der Waals surface area contributed by atoms with Gasteiger partial charge in [0.1, 0.15) is 0 Å². The fourth-order valence-corrected chi connectivity index (χ4v) is 2.59. The Balaban J connectivity index is 2.10. The number of carboxylic acid groups (broad SMARTS) is 1. The van der Waals surface area contributed by atoms with Gasteiger partial charge >= 0.3 is 5.97 Å². The molecule has 3 nitrogen and oxygen atoms in total. The molecule has 100 valence electrons. The number of carboxylic acids is 1. The van der Waals surface area contributed by atoms with Gasteiger partial charge in [0.2, 0.25) is 0 Å². The molecule has 0 aliphatic carbocycles. The van der Waals surface area contributed by atoms with Gasteiger partial charge in [-0.05, 0) is 23.8 Å². The van der Waals surface area contributed by atoms with Gasteiger partial charge in [0, 0.05) is 28.7 Å². The van der Waals surface area contributed by atoms with Crippen LogP contribution in [0.3, 0.4) is 0 Å². The third-order valence-electron chi connectivity index (χ3n) is 3.26. The number of aromatic carboxylic acids is 1. The molecule has 0 spiro atoms. The van der Waals surface area contributed by atoms with Gasteiger partial charge in [0.25, 0.3) is 0 Å². The number of aromatic nitrogens is 1. The summed E-state index contributed by atoms with van der Waals surface area (Å²) in [6, 6.07) is 15.1. The molecule has 4 heteroatoms. The number of hydrogen-bond donors (Lipinski definition) is 1. The molecule has 0 aliphatic rings. The maximum atomic E-state index is 11.3. The molecule has 3 rings (SSSR count). The van der Waals surface area contributed by atoms with E-state index in [-0.39, 0.29) is 0 Å². The number of nitrogens with zero attached hydrogens (tertiary/aromatic N) is 1. The average molecular weight is 286 g/mol. The summed E-state index contributed by atoms with van der Waals surface area (Å²) in [4.78, 5) is 11.3. The van der Waals surface area contributed by atoms with E-state index in [9.17, 15) is 9.90 Å². The van der Waals surface area contributed by atoms with Gasteiger partial charge in [-0.1, -0.05) is 41.9 Å². The van der Waals surface area contributed by atoms with Crippen molar-refractivity contribution in [2.24, 2.45) is 0 Å². The lowest BCUT2D eigenvalue weighted by Gasteiger charge is -2.05. The molecule has 0 amide bonds. The van der Waals surface area contributed by atoms with Crippen molar-refractivity contribution >= 4 is 28.5 Å². The van der Waals surface area contributed by atoms with Crippen LogP contribution in [0.15, 0.2) is 54.7 Å². The van der Waals surface area contributed by atoms with Crippen molar-refractivity contribution in [3.63, 3.8) is 0 Å². The van der Waals surface area contributed by atoms with Crippen LogP contribution in [0.2, 0.25) is 5.02 Å². The van der Waals surface area contributed by atoms with Crippen LogP contribution in [0.4, 0.5) is 0 Å². The molecule has 1 N–H and O–H groups in total. The molecule has 0 saturated carbocycles. The van der Waals surface area contributed by atoms with Crippen LogP contribution in [0.5, 0.6) is 0 Å².